The summed E-state index contributed by atoms with van der Waals surface area (Å²) in [5.74, 6) is -1.94. The quantitative estimate of drug-likeness (QED) is 0.267. The molecule has 3 amide bonds. The Hall–Kier alpha value is -2.82. The van der Waals surface area contributed by atoms with Gasteiger partial charge in [-0.25, -0.2) is 9.59 Å². The molecule has 222 valence electrons. The fraction of sp³-hybridized carbons (Fsp3) is 0.778. The lowest BCUT2D eigenvalue weighted by molar-refractivity contribution is -0.137. The zero-order valence-electron chi connectivity index (χ0n) is 24.0. The second kappa shape index (κ2) is 14.7. The number of piperazine rings is 1. The van der Waals surface area contributed by atoms with E-state index in [1.165, 1.54) is 7.11 Å². The highest BCUT2D eigenvalue weighted by atomic mass is 16.6. The number of likely N-dealkylation sites (tertiary alicyclic amines) is 1. The van der Waals surface area contributed by atoms with Crippen LogP contribution in [-0.4, -0.2) is 114 Å². The van der Waals surface area contributed by atoms with Crippen LogP contribution in [0.4, 0.5) is 9.59 Å². The molecule has 0 saturated carbocycles. The molecule has 40 heavy (non-hydrogen) atoms. The first kappa shape index (κ1) is 31.7. The molecule has 0 radical (unpaired) electrons. The van der Waals surface area contributed by atoms with Crippen molar-refractivity contribution < 1.29 is 33.9 Å². The van der Waals surface area contributed by atoms with Crippen molar-refractivity contribution in [2.45, 2.75) is 82.8 Å². The molecule has 0 bridgehead atoms. The normalized spacial score (nSPS) is 21.6. The van der Waals surface area contributed by atoms with E-state index in [0.29, 0.717) is 64.8 Å². The van der Waals surface area contributed by atoms with E-state index < -0.39 is 31.2 Å². The largest absolute Gasteiger partial charge is 0.475 e. The van der Waals surface area contributed by atoms with Crippen molar-refractivity contribution >= 4 is 25.2 Å². The number of hydrogen-bond acceptors (Lipinski definition) is 9. The summed E-state index contributed by atoms with van der Waals surface area (Å²) < 4.78 is 10.3. The van der Waals surface area contributed by atoms with Gasteiger partial charge in [0.2, 0.25) is 5.91 Å². The third-order valence-corrected chi connectivity index (χ3v) is 8.31. The third-order valence-electron chi connectivity index (χ3n) is 8.31. The predicted molar refractivity (Wildman–Crippen MR) is 148 cm³/mol. The van der Waals surface area contributed by atoms with Gasteiger partial charge in [0.25, 0.3) is 0 Å². The molecule has 0 aromatic carbocycles. The molecule has 12 nitrogen and oxygen atoms in total. The topological polar surface area (TPSA) is 156 Å². The predicted octanol–water partition coefficient (Wildman–Crippen LogP) is 1.67. The summed E-state index contributed by atoms with van der Waals surface area (Å²) in [6.45, 7) is 7.36. The Balaban J connectivity index is 1.48. The molecule has 13 heteroatoms. The first-order valence-electron chi connectivity index (χ1n) is 14.3. The molecule has 2 fully saturated rings. The number of nitrogens with zero attached hydrogens (tertiary/aromatic N) is 4. The SMILES string of the molecule is COC(=O)N1CCN(C(C)(C)CCC(C#N)C(=O)N2CCC[C@H](OC(=O)N[C@@H](CC3=CCCC3)B(O)O)C2)CC1. The first-order valence-corrected chi connectivity index (χ1v) is 14.3. The molecular weight excluding hydrogens is 517 g/mol. The number of methoxy groups -OCH3 is 1. The number of carbonyl (C=O) groups excluding carboxylic acids is 3. The number of piperidine rings is 1. The summed E-state index contributed by atoms with van der Waals surface area (Å²) in [4.78, 5) is 43.1. The Labute approximate surface area is 237 Å². The van der Waals surface area contributed by atoms with Crippen LogP contribution in [0.25, 0.3) is 0 Å². The molecule has 3 aliphatic rings. The second-order valence-corrected chi connectivity index (χ2v) is 11.6. The van der Waals surface area contributed by atoms with Gasteiger partial charge in [-0.15, -0.1) is 0 Å². The Morgan fingerprint density at radius 2 is 1.90 bits per heavy atom. The highest BCUT2D eigenvalue weighted by Gasteiger charge is 2.36. The summed E-state index contributed by atoms with van der Waals surface area (Å²) in [5.41, 5.74) is 0.827. The van der Waals surface area contributed by atoms with Gasteiger partial charge in [0.05, 0.1) is 25.7 Å². The van der Waals surface area contributed by atoms with Crippen LogP contribution in [0, 0.1) is 17.2 Å². The minimum Gasteiger partial charge on any atom is -0.453 e. The Morgan fingerprint density at radius 1 is 1.18 bits per heavy atom. The number of nitrogens with one attached hydrogen (secondary N) is 1. The average molecular weight is 561 g/mol. The molecule has 2 saturated heterocycles. The maximum atomic E-state index is 13.3. The number of hydrogen-bond donors (Lipinski definition) is 3. The lowest BCUT2D eigenvalue weighted by Crippen LogP contribution is -2.56. The number of carbonyl (C=O) groups is 3. The molecule has 3 atom stereocenters. The van der Waals surface area contributed by atoms with E-state index in [1.807, 2.05) is 0 Å². The van der Waals surface area contributed by atoms with Crippen LogP contribution in [0.2, 0.25) is 0 Å². The summed E-state index contributed by atoms with van der Waals surface area (Å²) in [6, 6.07) is 2.17. The van der Waals surface area contributed by atoms with E-state index in [0.717, 1.165) is 24.8 Å². The van der Waals surface area contributed by atoms with E-state index in [9.17, 15) is 29.7 Å². The standard InChI is InChI=1S/C27H44BN5O7/c1-27(2,33-15-13-31(14-16-33)26(36)39-3)11-10-21(18-29)24(34)32-12-6-9-22(19-32)40-25(35)30-23(28(37)38)17-20-7-4-5-8-20/h7,21-23,37-38H,4-6,8-17,19H2,1-3H3,(H,30,35)/t21?,22-,23-/m0/s1. The van der Waals surface area contributed by atoms with Crippen LogP contribution < -0.4 is 5.32 Å². The van der Waals surface area contributed by atoms with Crippen molar-refractivity contribution in [1.82, 2.24) is 20.0 Å². The molecule has 3 rings (SSSR count). The highest BCUT2D eigenvalue weighted by molar-refractivity contribution is 6.43. The minimum absolute atomic E-state index is 0.195. The maximum Gasteiger partial charge on any atom is 0.475 e. The molecule has 1 aliphatic carbocycles. The molecule has 3 N–H and O–H groups in total. The van der Waals surface area contributed by atoms with Crippen LogP contribution in [-0.2, 0) is 14.3 Å². The van der Waals surface area contributed by atoms with Gasteiger partial charge in [0, 0.05) is 38.3 Å². The zero-order chi connectivity index (χ0) is 29.3. The lowest BCUT2D eigenvalue weighted by Gasteiger charge is -2.44. The Morgan fingerprint density at radius 3 is 2.50 bits per heavy atom. The van der Waals surface area contributed by atoms with Crippen molar-refractivity contribution in [2.75, 3.05) is 46.4 Å². The molecule has 2 aliphatic heterocycles. The summed E-state index contributed by atoms with van der Waals surface area (Å²) >= 11 is 0. The van der Waals surface area contributed by atoms with Gasteiger partial charge < -0.3 is 34.6 Å². The van der Waals surface area contributed by atoms with Crippen molar-refractivity contribution in [1.29, 1.82) is 5.26 Å². The Kier molecular flexibility index (Phi) is 11.7. The number of allylic oxidation sites excluding steroid dienone is 1. The number of amides is 3. The zero-order valence-corrected chi connectivity index (χ0v) is 24.0. The third kappa shape index (κ3) is 8.84. The fourth-order valence-corrected chi connectivity index (χ4v) is 5.75. The first-order chi connectivity index (χ1) is 19.0. The van der Waals surface area contributed by atoms with Crippen LogP contribution in [0.1, 0.15) is 65.2 Å². The van der Waals surface area contributed by atoms with Crippen molar-refractivity contribution in [2.24, 2.45) is 5.92 Å². The van der Waals surface area contributed by atoms with Gasteiger partial charge in [0.1, 0.15) is 12.0 Å². The molecule has 0 spiro atoms. The van der Waals surface area contributed by atoms with E-state index in [-0.39, 0.29) is 24.1 Å². The highest BCUT2D eigenvalue weighted by Crippen LogP contribution is 2.27. The van der Waals surface area contributed by atoms with Crippen LogP contribution in [0.15, 0.2) is 11.6 Å². The minimum atomic E-state index is -1.71. The van der Waals surface area contributed by atoms with Gasteiger partial charge in [-0.3, -0.25) is 9.69 Å². The Bertz CT molecular complexity index is 961. The molecule has 0 aromatic rings. The van der Waals surface area contributed by atoms with Crippen LogP contribution >= 0.6 is 0 Å². The molecule has 1 unspecified atom stereocenters. The summed E-state index contributed by atoms with van der Waals surface area (Å²) in [6.07, 6.45) is 5.89. The molecule has 0 aromatic heterocycles. The summed E-state index contributed by atoms with van der Waals surface area (Å²) in [7, 11) is -0.340. The number of alkyl carbamates (subject to hydrolysis) is 1. The van der Waals surface area contributed by atoms with Crippen LogP contribution in [0.3, 0.4) is 0 Å². The van der Waals surface area contributed by atoms with Crippen LogP contribution in [0.5, 0.6) is 0 Å². The van der Waals surface area contributed by atoms with Gasteiger partial charge in [0.15, 0.2) is 0 Å². The van der Waals surface area contributed by atoms with E-state index in [4.69, 9.17) is 9.47 Å². The summed E-state index contributed by atoms with van der Waals surface area (Å²) in [5, 5.41) is 31.8. The van der Waals surface area contributed by atoms with Gasteiger partial charge in [-0.2, -0.15) is 5.26 Å². The number of ether oxygens (including phenoxy) is 2. The molecule has 2 heterocycles. The number of nitriles is 1. The van der Waals surface area contributed by atoms with Crippen molar-refractivity contribution in [3.8, 4) is 6.07 Å². The van der Waals surface area contributed by atoms with Gasteiger partial charge >= 0.3 is 19.3 Å². The average Bonchev–Trinajstić information content (AvgIpc) is 3.45. The lowest BCUT2D eigenvalue weighted by atomic mass is 9.76. The molecular formula is C27H44BN5O7. The smallest absolute Gasteiger partial charge is 0.453 e. The maximum absolute atomic E-state index is 13.3. The van der Waals surface area contributed by atoms with Crippen molar-refractivity contribution in [3.63, 3.8) is 0 Å². The fourth-order valence-electron chi connectivity index (χ4n) is 5.75. The second-order valence-electron chi connectivity index (χ2n) is 11.6. The van der Waals surface area contributed by atoms with E-state index >= 15 is 0 Å². The van der Waals surface area contributed by atoms with Gasteiger partial charge in [-0.1, -0.05) is 11.6 Å². The van der Waals surface area contributed by atoms with E-state index in [1.54, 1.807) is 9.80 Å². The monoisotopic (exact) mass is 561 g/mol. The van der Waals surface area contributed by atoms with E-state index in [2.05, 4.69) is 36.2 Å². The van der Waals surface area contributed by atoms with Gasteiger partial charge in [-0.05, 0) is 65.2 Å². The number of rotatable bonds is 10. The van der Waals surface area contributed by atoms with Crippen molar-refractivity contribution in [3.05, 3.63) is 11.6 Å².